The largest absolute Gasteiger partial charge is 0.353 e. The number of rotatable bonds is 4. The van der Waals surface area contributed by atoms with Crippen molar-refractivity contribution < 1.29 is 0 Å². The lowest BCUT2D eigenvalue weighted by molar-refractivity contribution is 0.177. The van der Waals surface area contributed by atoms with Gasteiger partial charge in [-0.05, 0) is 48.6 Å². The molecule has 0 aliphatic heterocycles. The van der Waals surface area contributed by atoms with Gasteiger partial charge in [0.2, 0.25) is 5.95 Å². The van der Waals surface area contributed by atoms with E-state index in [-0.39, 0.29) is 11.5 Å². The molecule has 0 saturated heterocycles. The average Bonchev–Trinajstić information content (AvgIpc) is 2.98. The van der Waals surface area contributed by atoms with Gasteiger partial charge in [-0.3, -0.25) is 18.9 Å². The van der Waals surface area contributed by atoms with Gasteiger partial charge in [0.05, 0.1) is 6.54 Å². The lowest BCUT2D eigenvalue weighted by Gasteiger charge is -2.39. The van der Waals surface area contributed by atoms with Crippen molar-refractivity contribution in [2.24, 2.45) is 18.4 Å². The number of imidazole rings is 1. The molecule has 1 saturated carbocycles. The smallest absolute Gasteiger partial charge is 0.329 e. The highest BCUT2D eigenvalue weighted by atomic mass is 16.2. The Balaban J connectivity index is 1.83. The van der Waals surface area contributed by atoms with Crippen molar-refractivity contribution >= 4 is 17.1 Å². The zero-order valence-electron chi connectivity index (χ0n) is 18.5. The predicted molar refractivity (Wildman–Crippen MR) is 120 cm³/mol. The number of benzene rings is 1. The second-order valence-corrected chi connectivity index (χ2v) is 9.69. The number of hydrogen-bond acceptors (Lipinski definition) is 4. The zero-order chi connectivity index (χ0) is 21.6. The van der Waals surface area contributed by atoms with E-state index in [0.29, 0.717) is 29.6 Å². The van der Waals surface area contributed by atoms with Crippen LogP contribution in [0.15, 0.2) is 33.9 Å². The Bertz CT molecular complexity index is 1200. The first-order chi connectivity index (χ1) is 14.1. The molecule has 1 fully saturated rings. The predicted octanol–water partition coefficient (Wildman–Crippen LogP) is 3.41. The van der Waals surface area contributed by atoms with Crippen LogP contribution in [-0.4, -0.2) is 25.1 Å². The molecule has 2 aromatic heterocycles. The molecule has 1 aliphatic carbocycles. The van der Waals surface area contributed by atoms with Gasteiger partial charge in [-0.25, -0.2) is 4.79 Å². The summed E-state index contributed by atoms with van der Waals surface area (Å²) in [5.41, 5.74) is 2.50. The Hall–Kier alpha value is -2.83. The molecule has 2 atom stereocenters. The van der Waals surface area contributed by atoms with Crippen LogP contribution in [0.3, 0.4) is 0 Å². The van der Waals surface area contributed by atoms with Gasteiger partial charge in [-0.2, -0.15) is 4.98 Å². The Kier molecular flexibility index (Phi) is 5.08. The molecular weight excluding hydrogens is 378 g/mol. The molecule has 4 rings (SSSR count). The van der Waals surface area contributed by atoms with Crippen molar-refractivity contribution in [1.29, 1.82) is 0 Å². The summed E-state index contributed by atoms with van der Waals surface area (Å²) in [4.78, 5) is 32.0. The van der Waals surface area contributed by atoms with E-state index in [0.717, 1.165) is 24.0 Å². The average molecular weight is 410 g/mol. The van der Waals surface area contributed by atoms with Crippen LogP contribution in [0.2, 0.25) is 0 Å². The Morgan fingerprint density at radius 1 is 1.23 bits per heavy atom. The van der Waals surface area contributed by atoms with Gasteiger partial charge in [0.1, 0.15) is 0 Å². The number of anilines is 1. The van der Waals surface area contributed by atoms with E-state index >= 15 is 0 Å². The Morgan fingerprint density at radius 3 is 2.67 bits per heavy atom. The first-order valence-corrected chi connectivity index (χ1v) is 10.7. The number of nitrogens with one attached hydrogen (secondary N) is 2. The minimum Gasteiger partial charge on any atom is -0.353 e. The maximum Gasteiger partial charge on any atom is 0.329 e. The van der Waals surface area contributed by atoms with Gasteiger partial charge >= 0.3 is 5.69 Å². The molecule has 0 spiro atoms. The molecule has 0 amide bonds. The highest BCUT2D eigenvalue weighted by Crippen LogP contribution is 2.39. The van der Waals surface area contributed by atoms with Gasteiger partial charge in [0.25, 0.3) is 5.56 Å². The van der Waals surface area contributed by atoms with Gasteiger partial charge in [-0.15, -0.1) is 0 Å². The lowest BCUT2D eigenvalue weighted by atomic mass is 9.71. The minimum absolute atomic E-state index is 0.256. The molecule has 3 aromatic rings. The molecule has 30 heavy (non-hydrogen) atoms. The van der Waals surface area contributed by atoms with E-state index in [1.807, 2.05) is 16.7 Å². The molecule has 7 nitrogen and oxygen atoms in total. The van der Waals surface area contributed by atoms with E-state index in [9.17, 15) is 9.59 Å². The van der Waals surface area contributed by atoms with Crippen LogP contribution in [0.5, 0.6) is 0 Å². The number of hydrogen-bond donors (Lipinski definition) is 2. The fourth-order valence-corrected chi connectivity index (χ4v) is 5.10. The van der Waals surface area contributed by atoms with Crippen molar-refractivity contribution in [2.75, 3.05) is 5.32 Å². The third kappa shape index (κ3) is 3.80. The van der Waals surface area contributed by atoms with Crippen molar-refractivity contribution in [3.8, 4) is 0 Å². The number of H-pyrrole nitrogens is 1. The van der Waals surface area contributed by atoms with E-state index in [1.165, 1.54) is 11.0 Å². The maximum absolute atomic E-state index is 12.8. The highest BCUT2D eigenvalue weighted by Gasteiger charge is 2.33. The molecule has 7 heteroatoms. The number of fused-ring (bicyclic) bond motifs is 1. The second kappa shape index (κ2) is 7.45. The molecule has 160 valence electrons. The SMILES string of the molecule is Cc1ccccc1Cn1c(N[C@@H]2C[C@H](C)CC(C)(C)C2)nc2c1c(=O)[nH]c(=O)n2C. The van der Waals surface area contributed by atoms with E-state index in [1.54, 1.807) is 7.05 Å². The van der Waals surface area contributed by atoms with Gasteiger partial charge in [0.15, 0.2) is 11.2 Å². The standard InChI is InChI=1S/C23H31N5O2/c1-14-10-17(12-23(3,4)11-14)24-21-25-19-18(20(29)26-22(30)27(19)5)28(21)13-16-9-7-6-8-15(16)2/h6-9,14,17H,10-13H2,1-5H3,(H,24,25)(H,26,29,30)/t14-,17+/m0/s1. The molecule has 2 heterocycles. The fraction of sp³-hybridized carbons (Fsp3) is 0.522. The summed E-state index contributed by atoms with van der Waals surface area (Å²) in [6.45, 7) is 9.48. The van der Waals surface area contributed by atoms with Crippen molar-refractivity contribution in [1.82, 2.24) is 19.1 Å². The van der Waals surface area contributed by atoms with Crippen molar-refractivity contribution in [2.45, 2.75) is 59.5 Å². The number of aromatic nitrogens is 4. The van der Waals surface area contributed by atoms with Crippen molar-refractivity contribution in [3.63, 3.8) is 0 Å². The Morgan fingerprint density at radius 2 is 1.97 bits per heavy atom. The fourth-order valence-electron chi connectivity index (χ4n) is 5.10. The van der Waals surface area contributed by atoms with Crippen LogP contribution >= 0.6 is 0 Å². The van der Waals surface area contributed by atoms with Gasteiger partial charge < -0.3 is 5.32 Å². The summed E-state index contributed by atoms with van der Waals surface area (Å²) < 4.78 is 3.33. The summed E-state index contributed by atoms with van der Waals surface area (Å²) >= 11 is 0. The molecule has 0 unspecified atom stereocenters. The number of nitrogens with zero attached hydrogens (tertiary/aromatic N) is 3. The third-order valence-corrected chi connectivity index (χ3v) is 6.32. The monoisotopic (exact) mass is 409 g/mol. The molecule has 1 aromatic carbocycles. The van der Waals surface area contributed by atoms with Crippen LogP contribution in [-0.2, 0) is 13.6 Å². The topological polar surface area (TPSA) is 84.7 Å². The highest BCUT2D eigenvalue weighted by molar-refractivity contribution is 5.74. The summed E-state index contributed by atoms with van der Waals surface area (Å²) in [7, 11) is 1.64. The summed E-state index contributed by atoms with van der Waals surface area (Å²) in [6.07, 6.45) is 3.31. The molecule has 1 aliphatic rings. The quantitative estimate of drug-likeness (QED) is 0.692. The lowest BCUT2D eigenvalue weighted by Crippen LogP contribution is -2.36. The number of aromatic amines is 1. The first-order valence-electron chi connectivity index (χ1n) is 10.7. The molecular formula is C23H31N5O2. The van der Waals surface area contributed by atoms with E-state index < -0.39 is 11.2 Å². The third-order valence-electron chi connectivity index (χ3n) is 6.32. The summed E-state index contributed by atoms with van der Waals surface area (Å²) in [5.74, 6) is 1.27. The van der Waals surface area contributed by atoms with E-state index in [2.05, 4.69) is 50.1 Å². The second-order valence-electron chi connectivity index (χ2n) is 9.69. The van der Waals surface area contributed by atoms with E-state index in [4.69, 9.17) is 4.98 Å². The van der Waals surface area contributed by atoms with Crippen molar-refractivity contribution in [3.05, 3.63) is 56.2 Å². The maximum atomic E-state index is 12.8. The molecule has 0 bridgehead atoms. The normalized spacial score (nSPS) is 21.1. The Labute approximate surface area is 176 Å². The first kappa shape index (κ1) is 20.4. The number of aryl methyl sites for hydroxylation is 2. The summed E-state index contributed by atoms with van der Waals surface area (Å²) in [5, 5.41) is 3.62. The van der Waals surface area contributed by atoms with Gasteiger partial charge in [0, 0.05) is 13.1 Å². The van der Waals surface area contributed by atoms with Crippen LogP contribution in [0, 0.1) is 18.3 Å². The molecule has 2 N–H and O–H groups in total. The summed E-state index contributed by atoms with van der Waals surface area (Å²) in [6, 6.07) is 8.40. The molecule has 0 radical (unpaired) electrons. The van der Waals surface area contributed by atoms with Crippen LogP contribution in [0.4, 0.5) is 5.95 Å². The van der Waals surface area contributed by atoms with Gasteiger partial charge in [-0.1, -0.05) is 45.0 Å². The minimum atomic E-state index is -0.452. The van der Waals surface area contributed by atoms with Crippen LogP contribution in [0.1, 0.15) is 51.2 Å². The van der Waals surface area contributed by atoms with Crippen LogP contribution < -0.4 is 16.6 Å². The van der Waals surface area contributed by atoms with Crippen LogP contribution in [0.25, 0.3) is 11.2 Å². The zero-order valence-corrected chi connectivity index (χ0v) is 18.5.